The van der Waals surface area contributed by atoms with Crippen LogP contribution < -0.4 is 15.5 Å². The van der Waals surface area contributed by atoms with Gasteiger partial charge in [-0.25, -0.2) is 9.97 Å². The van der Waals surface area contributed by atoms with Gasteiger partial charge in [-0.2, -0.15) is 13.2 Å². The first-order valence-electron chi connectivity index (χ1n) is 11.9. The first-order chi connectivity index (χ1) is 16.9. The minimum atomic E-state index is -4.47. The van der Waals surface area contributed by atoms with Crippen molar-refractivity contribution < 1.29 is 22.1 Å². The number of likely N-dealkylation sites (N-methyl/N-ethyl adjacent to an activating group) is 1. The fourth-order valence-corrected chi connectivity index (χ4v) is 4.61. The van der Waals surface area contributed by atoms with E-state index in [1.165, 1.54) is 23.4 Å². The zero-order valence-corrected chi connectivity index (χ0v) is 17.4. The fraction of sp³-hybridized carbons (Fsp3) is 0.292. The van der Waals surface area contributed by atoms with Crippen LogP contribution in [0.25, 0.3) is 0 Å². The van der Waals surface area contributed by atoms with Gasteiger partial charge < -0.3 is 15.5 Å². The van der Waals surface area contributed by atoms with E-state index in [0.29, 0.717) is 29.8 Å². The SMILES string of the molecule is [2H]C([2H])([2H])N1CC(c2ccc3c(c2)CCN3C(=O)Cc2cccc(C(F)(F)F)c2)c2c(N)ncnc21. The number of nitrogen functional groups attached to an aromatic ring is 1. The zero-order chi connectivity index (χ0) is 25.8. The highest BCUT2D eigenvalue weighted by Crippen LogP contribution is 2.42. The highest BCUT2D eigenvalue weighted by Gasteiger charge is 2.34. The Balaban J connectivity index is 1.40. The van der Waals surface area contributed by atoms with Crippen LogP contribution in [0.4, 0.5) is 30.5 Å². The molecule has 1 amide bonds. The van der Waals surface area contributed by atoms with E-state index in [1.54, 1.807) is 11.0 Å². The third kappa shape index (κ3) is 3.77. The number of amides is 1. The van der Waals surface area contributed by atoms with Crippen LogP contribution in [0.1, 0.15) is 37.8 Å². The summed E-state index contributed by atoms with van der Waals surface area (Å²) in [5.74, 6) is -0.152. The summed E-state index contributed by atoms with van der Waals surface area (Å²) in [5, 5.41) is 0. The number of aromatic nitrogens is 2. The predicted molar refractivity (Wildman–Crippen MR) is 119 cm³/mol. The zero-order valence-electron chi connectivity index (χ0n) is 20.4. The first kappa shape index (κ1) is 17.9. The van der Waals surface area contributed by atoms with Crippen molar-refractivity contribution in [3.63, 3.8) is 0 Å². The van der Waals surface area contributed by atoms with Crippen molar-refractivity contribution in [3.8, 4) is 0 Å². The van der Waals surface area contributed by atoms with Crippen LogP contribution in [0.3, 0.4) is 0 Å². The van der Waals surface area contributed by atoms with Gasteiger partial charge in [0.25, 0.3) is 0 Å². The Hall–Kier alpha value is -3.62. The van der Waals surface area contributed by atoms with Crippen molar-refractivity contribution in [2.24, 2.45) is 0 Å². The Morgan fingerprint density at radius 2 is 2.09 bits per heavy atom. The fourth-order valence-electron chi connectivity index (χ4n) is 4.61. The Morgan fingerprint density at radius 3 is 2.88 bits per heavy atom. The van der Waals surface area contributed by atoms with Gasteiger partial charge in [-0.3, -0.25) is 4.79 Å². The summed E-state index contributed by atoms with van der Waals surface area (Å²) in [6.45, 7) is -1.83. The summed E-state index contributed by atoms with van der Waals surface area (Å²) in [5.41, 5.74) is 8.59. The molecule has 5 rings (SSSR count). The molecule has 0 spiro atoms. The molecule has 1 unspecified atom stereocenters. The molecular weight excluding hydrogens is 431 g/mol. The van der Waals surface area contributed by atoms with Crippen LogP contribution in [0.5, 0.6) is 0 Å². The summed E-state index contributed by atoms with van der Waals surface area (Å²) in [4.78, 5) is 24.0. The maximum Gasteiger partial charge on any atom is 0.416 e. The lowest BCUT2D eigenvalue weighted by Crippen LogP contribution is -2.30. The van der Waals surface area contributed by atoms with E-state index >= 15 is 0 Å². The van der Waals surface area contributed by atoms with Crippen LogP contribution in [0, 0.1) is 0 Å². The Labute approximate surface area is 193 Å². The molecule has 33 heavy (non-hydrogen) atoms. The molecular formula is C24H22F3N5O. The average Bonchev–Trinajstić information content (AvgIpc) is 3.41. The van der Waals surface area contributed by atoms with E-state index in [-0.39, 0.29) is 36.4 Å². The number of benzene rings is 2. The lowest BCUT2D eigenvalue weighted by Gasteiger charge is -2.19. The molecule has 1 atom stereocenters. The Morgan fingerprint density at radius 1 is 1.24 bits per heavy atom. The van der Waals surface area contributed by atoms with Crippen molar-refractivity contribution in [2.75, 3.05) is 35.6 Å². The number of rotatable bonds is 3. The van der Waals surface area contributed by atoms with Crippen molar-refractivity contribution in [2.45, 2.75) is 24.9 Å². The number of carbonyl (C=O) groups excluding carboxylic acids is 1. The summed E-state index contributed by atoms with van der Waals surface area (Å²) in [6.07, 6.45) is -2.81. The molecule has 0 saturated carbocycles. The number of hydrogen-bond donors (Lipinski definition) is 1. The van der Waals surface area contributed by atoms with Gasteiger partial charge in [-0.1, -0.05) is 30.3 Å². The van der Waals surface area contributed by atoms with Gasteiger partial charge in [0.2, 0.25) is 5.91 Å². The predicted octanol–water partition coefficient (Wildman–Crippen LogP) is 3.79. The number of hydrogen-bond acceptors (Lipinski definition) is 5. The maximum atomic E-state index is 13.0. The topological polar surface area (TPSA) is 75.3 Å². The van der Waals surface area contributed by atoms with E-state index < -0.39 is 18.7 Å². The number of alkyl halides is 3. The van der Waals surface area contributed by atoms with Gasteiger partial charge in [0, 0.05) is 41.3 Å². The number of fused-ring (bicyclic) bond motifs is 2. The van der Waals surface area contributed by atoms with Crippen molar-refractivity contribution in [1.29, 1.82) is 0 Å². The molecule has 2 N–H and O–H groups in total. The van der Waals surface area contributed by atoms with Gasteiger partial charge >= 0.3 is 6.18 Å². The second kappa shape index (κ2) is 7.75. The summed E-state index contributed by atoms with van der Waals surface area (Å²) in [6, 6.07) is 10.3. The third-order valence-electron chi connectivity index (χ3n) is 6.18. The molecule has 2 aliphatic heterocycles. The minimum Gasteiger partial charge on any atom is -0.383 e. The summed E-state index contributed by atoms with van der Waals surface area (Å²) >= 11 is 0. The molecule has 2 aromatic carbocycles. The lowest BCUT2D eigenvalue weighted by atomic mass is 9.92. The number of nitrogens with two attached hydrogens (primary N) is 1. The van der Waals surface area contributed by atoms with Gasteiger partial charge in [-0.05, 0) is 35.2 Å². The molecule has 6 nitrogen and oxygen atoms in total. The minimum absolute atomic E-state index is 0.150. The smallest absolute Gasteiger partial charge is 0.383 e. The van der Waals surface area contributed by atoms with Crippen molar-refractivity contribution in [3.05, 3.63) is 76.6 Å². The van der Waals surface area contributed by atoms with Crippen LogP contribution in [-0.2, 0) is 23.8 Å². The normalized spacial score (nSPS) is 19.0. The Bertz CT molecular complexity index is 1350. The second-order valence-corrected chi connectivity index (χ2v) is 8.22. The molecule has 170 valence electrons. The van der Waals surface area contributed by atoms with Gasteiger partial charge in [0.15, 0.2) is 0 Å². The average molecular weight is 456 g/mol. The molecule has 0 radical (unpaired) electrons. The number of halogens is 3. The van der Waals surface area contributed by atoms with E-state index in [9.17, 15) is 18.0 Å². The molecule has 0 aliphatic carbocycles. The molecule has 0 fully saturated rings. The quantitative estimate of drug-likeness (QED) is 0.649. The molecule has 0 bridgehead atoms. The maximum absolute atomic E-state index is 13.0. The summed E-state index contributed by atoms with van der Waals surface area (Å²) < 4.78 is 62.7. The highest BCUT2D eigenvalue weighted by molar-refractivity contribution is 5.96. The molecule has 3 aromatic rings. The number of nitrogens with zero attached hydrogens (tertiary/aromatic N) is 4. The van der Waals surface area contributed by atoms with Gasteiger partial charge in [0.1, 0.15) is 18.0 Å². The van der Waals surface area contributed by atoms with E-state index in [1.807, 2.05) is 12.1 Å². The van der Waals surface area contributed by atoms with E-state index in [0.717, 1.165) is 23.3 Å². The largest absolute Gasteiger partial charge is 0.416 e. The molecule has 2 aliphatic rings. The van der Waals surface area contributed by atoms with Gasteiger partial charge in [0.05, 0.1) is 12.0 Å². The molecule has 0 saturated heterocycles. The van der Waals surface area contributed by atoms with Crippen LogP contribution >= 0.6 is 0 Å². The van der Waals surface area contributed by atoms with Crippen molar-refractivity contribution >= 4 is 23.2 Å². The monoisotopic (exact) mass is 456 g/mol. The van der Waals surface area contributed by atoms with Crippen LogP contribution in [0.2, 0.25) is 0 Å². The second-order valence-electron chi connectivity index (χ2n) is 8.22. The highest BCUT2D eigenvalue weighted by atomic mass is 19.4. The van der Waals surface area contributed by atoms with E-state index in [2.05, 4.69) is 9.97 Å². The number of anilines is 3. The molecule has 9 heteroatoms. The first-order valence-corrected chi connectivity index (χ1v) is 10.4. The number of carbonyl (C=O) groups is 1. The van der Waals surface area contributed by atoms with E-state index in [4.69, 9.17) is 9.85 Å². The van der Waals surface area contributed by atoms with Crippen LogP contribution in [-0.4, -0.2) is 35.9 Å². The molecule has 1 aromatic heterocycles. The van der Waals surface area contributed by atoms with Gasteiger partial charge in [-0.15, -0.1) is 0 Å². The standard InChI is InChI=1S/C24H22F3N5O/c1-31-12-18(21-22(28)29-13-30-23(21)31)15-5-6-19-16(11-15)7-8-32(19)20(33)10-14-3-2-4-17(9-14)24(25,26)27/h2-6,9,11,13,18H,7-8,10,12H2,1H3,(H2,28,29,30)/i1D3. The third-order valence-corrected chi connectivity index (χ3v) is 6.18. The van der Waals surface area contributed by atoms with Crippen molar-refractivity contribution in [1.82, 2.24) is 9.97 Å². The Kier molecular flexibility index (Phi) is 4.20. The lowest BCUT2D eigenvalue weighted by molar-refractivity contribution is -0.137. The molecule has 3 heterocycles. The van der Waals surface area contributed by atoms with Crippen LogP contribution in [0.15, 0.2) is 48.8 Å². The summed E-state index contributed by atoms with van der Waals surface area (Å²) in [7, 11) is 0.